The van der Waals surface area contributed by atoms with Gasteiger partial charge in [-0.2, -0.15) is 0 Å². The van der Waals surface area contributed by atoms with Crippen LogP contribution in [0.5, 0.6) is 5.75 Å². The molecule has 0 fully saturated rings. The normalized spacial score (nSPS) is 13.3. The van der Waals surface area contributed by atoms with Crippen LogP contribution in [-0.2, 0) is 9.59 Å². The first kappa shape index (κ1) is 16.5. The van der Waals surface area contributed by atoms with Gasteiger partial charge in [0.1, 0.15) is 18.1 Å². The van der Waals surface area contributed by atoms with E-state index < -0.39 is 11.7 Å². The van der Waals surface area contributed by atoms with Gasteiger partial charge in [0, 0.05) is 10.7 Å². The molecule has 5 nitrogen and oxygen atoms in total. The van der Waals surface area contributed by atoms with Crippen molar-refractivity contribution in [2.75, 3.05) is 23.4 Å². The zero-order valence-corrected chi connectivity index (χ0v) is 13.7. The van der Waals surface area contributed by atoms with Gasteiger partial charge in [0.05, 0.1) is 10.7 Å². The zero-order chi connectivity index (χ0) is 17.3. The second kappa shape index (κ2) is 6.67. The molecule has 1 aliphatic heterocycles. The summed E-state index contributed by atoms with van der Waals surface area (Å²) in [6.45, 7) is -0.394. The SMILES string of the molecule is O=C(CN1C(=O)COc2ccc(Cl)cc21)Nc1ccc(F)c(Cl)c1. The Balaban J connectivity index is 1.77. The summed E-state index contributed by atoms with van der Waals surface area (Å²) in [5.74, 6) is -0.936. The molecule has 2 aromatic rings. The maximum atomic E-state index is 13.1. The second-order valence-corrected chi connectivity index (χ2v) is 5.90. The van der Waals surface area contributed by atoms with Gasteiger partial charge in [-0.1, -0.05) is 23.2 Å². The smallest absolute Gasteiger partial charge is 0.265 e. The number of rotatable bonds is 3. The number of nitrogens with zero attached hydrogens (tertiary/aromatic N) is 1. The van der Waals surface area contributed by atoms with Gasteiger partial charge in [0.15, 0.2) is 6.61 Å². The van der Waals surface area contributed by atoms with Crippen LogP contribution < -0.4 is 15.0 Å². The van der Waals surface area contributed by atoms with E-state index in [0.29, 0.717) is 22.1 Å². The van der Waals surface area contributed by atoms with Crippen LogP contribution in [0.15, 0.2) is 36.4 Å². The summed E-state index contributed by atoms with van der Waals surface area (Å²) in [4.78, 5) is 25.5. The highest BCUT2D eigenvalue weighted by Gasteiger charge is 2.27. The molecule has 0 aliphatic carbocycles. The molecule has 0 radical (unpaired) electrons. The largest absolute Gasteiger partial charge is 0.482 e. The van der Waals surface area contributed by atoms with E-state index in [1.54, 1.807) is 18.2 Å². The molecule has 0 saturated carbocycles. The molecule has 8 heteroatoms. The summed E-state index contributed by atoms with van der Waals surface area (Å²) in [6, 6.07) is 8.64. The topological polar surface area (TPSA) is 58.6 Å². The Morgan fingerprint density at radius 3 is 2.79 bits per heavy atom. The van der Waals surface area contributed by atoms with Gasteiger partial charge in [0.25, 0.3) is 5.91 Å². The molecular weight excluding hydrogens is 358 g/mol. The first-order valence-corrected chi connectivity index (χ1v) is 7.67. The number of benzene rings is 2. The Kier molecular flexibility index (Phi) is 4.59. The molecule has 1 N–H and O–H groups in total. The lowest BCUT2D eigenvalue weighted by atomic mass is 10.2. The predicted octanol–water partition coefficient (Wildman–Crippen LogP) is 3.50. The van der Waals surface area contributed by atoms with E-state index in [1.165, 1.54) is 17.0 Å². The molecular formula is C16H11Cl2FN2O3. The molecule has 3 rings (SSSR count). The molecule has 2 aromatic carbocycles. The van der Waals surface area contributed by atoms with Gasteiger partial charge in [-0.3, -0.25) is 14.5 Å². The molecule has 0 atom stereocenters. The second-order valence-electron chi connectivity index (χ2n) is 5.06. The Hall–Kier alpha value is -2.31. The molecule has 24 heavy (non-hydrogen) atoms. The fourth-order valence-corrected chi connectivity index (χ4v) is 2.61. The van der Waals surface area contributed by atoms with Crippen molar-refractivity contribution in [3.63, 3.8) is 0 Å². The Morgan fingerprint density at radius 2 is 2.04 bits per heavy atom. The van der Waals surface area contributed by atoms with Gasteiger partial charge in [-0.15, -0.1) is 0 Å². The highest BCUT2D eigenvalue weighted by molar-refractivity contribution is 6.31. The van der Waals surface area contributed by atoms with E-state index in [1.807, 2.05) is 0 Å². The van der Waals surface area contributed by atoms with Crippen molar-refractivity contribution in [2.24, 2.45) is 0 Å². The number of anilines is 2. The van der Waals surface area contributed by atoms with Gasteiger partial charge < -0.3 is 10.1 Å². The highest BCUT2D eigenvalue weighted by atomic mass is 35.5. The average Bonchev–Trinajstić information content (AvgIpc) is 2.54. The third-order valence-electron chi connectivity index (χ3n) is 3.37. The Morgan fingerprint density at radius 1 is 1.25 bits per heavy atom. The first-order valence-electron chi connectivity index (χ1n) is 6.91. The number of ether oxygens (including phenoxy) is 1. The van der Waals surface area contributed by atoms with Crippen LogP contribution in [0.3, 0.4) is 0 Å². The minimum Gasteiger partial charge on any atom is -0.482 e. The summed E-state index contributed by atoms with van der Waals surface area (Å²) in [6.07, 6.45) is 0. The van der Waals surface area contributed by atoms with Gasteiger partial charge in [0.2, 0.25) is 5.91 Å². The molecule has 2 amide bonds. The fraction of sp³-hybridized carbons (Fsp3) is 0.125. The van der Waals surface area contributed by atoms with Crippen molar-refractivity contribution >= 4 is 46.4 Å². The van der Waals surface area contributed by atoms with Crippen molar-refractivity contribution in [1.29, 1.82) is 0 Å². The minimum atomic E-state index is -0.582. The van der Waals surface area contributed by atoms with E-state index in [2.05, 4.69) is 5.32 Å². The van der Waals surface area contributed by atoms with Crippen LogP contribution in [0.2, 0.25) is 10.0 Å². The standard InChI is InChI=1S/C16H11Cl2FN2O3/c17-9-1-4-14-13(5-9)21(16(23)8-24-14)7-15(22)20-10-2-3-12(19)11(18)6-10/h1-6H,7-8H2,(H,20,22). The average molecular weight is 369 g/mol. The summed E-state index contributed by atoms with van der Waals surface area (Å²) < 4.78 is 18.4. The van der Waals surface area contributed by atoms with Crippen molar-refractivity contribution in [1.82, 2.24) is 0 Å². The predicted molar refractivity (Wildman–Crippen MR) is 89.3 cm³/mol. The molecule has 124 valence electrons. The summed E-state index contributed by atoms with van der Waals surface area (Å²) in [7, 11) is 0. The van der Waals surface area contributed by atoms with Gasteiger partial charge in [-0.25, -0.2) is 4.39 Å². The number of fused-ring (bicyclic) bond motifs is 1. The maximum absolute atomic E-state index is 13.1. The van der Waals surface area contributed by atoms with Gasteiger partial charge >= 0.3 is 0 Å². The quantitative estimate of drug-likeness (QED) is 0.901. The number of carbonyl (C=O) groups excluding carboxylic acids is 2. The summed E-state index contributed by atoms with van der Waals surface area (Å²) in [5.41, 5.74) is 0.754. The molecule has 0 spiro atoms. The lowest BCUT2D eigenvalue weighted by Gasteiger charge is -2.29. The molecule has 0 bridgehead atoms. The van der Waals surface area contributed by atoms with Crippen molar-refractivity contribution in [2.45, 2.75) is 0 Å². The third kappa shape index (κ3) is 3.44. The lowest BCUT2D eigenvalue weighted by molar-refractivity contribution is -0.123. The van der Waals surface area contributed by atoms with Crippen LogP contribution in [0, 0.1) is 5.82 Å². The monoisotopic (exact) mass is 368 g/mol. The number of halogens is 3. The lowest BCUT2D eigenvalue weighted by Crippen LogP contribution is -2.43. The van der Waals surface area contributed by atoms with Crippen molar-refractivity contribution < 1.29 is 18.7 Å². The molecule has 0 aromatic heterocycles. The van der Waals surface area contributed by atoms with E-state index in [4.69, 9.17) is 27.9 Å². The molecule has 1 heterocycles. The van der Waals surface area contributed by atoms with Crippen LogP contribution in [-0.4, -0.2) is 25.0 Å². The number of amides is 2. The minimum absolute atomic E-state index is 0.104. The summed E-state index contributed by atoms with van der Waals surface area (Å²) >= 11 is 11.6. The zero-order valence-electron chi connectivity index (χ0n) is 12.2. The van der Waals surface area contributed by atoms with E-state index in [9.17, 15) is 14.0 Å². The maximum Gasteiger partial charge on any atom is 0.265 e. The molecule has 0 saturated heterocycles. The van der Waals surface area contributed by atoms with E-state index in [-0.39, 0.29) is 24.1 Å². The third-order valence-corrected chi connectivity index (χ3v) is 3.89. The number of nitrogens with one attached hydrogen (secondary N) is 1. The first-order chi connectivity index (χ1) is 11.4. The number of hydrogen-bond donors (Lipinski definition) is 1. The Bertz CT molecular complexity index is 829. The molecule has 1 aliphatic rings. The van der Waals surface area contributed by atoms with Crippen molar-refractivity contribution in [3.05, 3.63) is 52.3 Å². The van der Waals surface area contributed by atoms with Crippen LogP contribution >= 0.6 is 23.2 Å². The van der Waals surface area contributed by atoms with E-state index >= 15 is 0 Å². The molecule has 0 unspecified atom stereocenters. The van der Waals surface area contributed by atoms with E-state index in [0.717, 1.165) is 6.07 Å². The van der Waals surface area contributed by atoms with Gasteiger partial charge in [-0.05, 0) is 36.4 Å². The fourth-order valence-electron chi connectivity index (χ4n) is 2.27. The number of hydrogen-bond acceptors (Lipinski definition) is 3. The summed E-state index contributed by atoms with van der Waals surface area (Å²) in [5, 5.41) is 2.88. The van der Waals surface area contributed by atoms with Crippen LogP contribution in [0.25, 0.3) is 0 Å². The van der Waals surface area contributed by atoms with Crippen LogP contribution in [0.4, 0.5) is 15.8 Å². The Labute approximate surface area is 146 Å². The van der Waals surface area contributed by atoms with Crippen LogP contribution in [0.1, 0.15) is 0 Å². The van der Waals surface area contributed by atoms with Crippen molar-refractivity contribution in [3.8, 4) is 5.75 Å². The highest BCUT2D eigenvalue weighted by Crippen LogP contribution is 2.34. The number of carbonyl (C=O) groups is 2.